The number of hydrogen-bond acceptors (Lipinski definition) is 5. The molecule has 2 aromatic rings. The lowest BCUT2D eigenvalue weighted by molar-refractivity contribution is -0.117. The number of hydrogen-bond donors (Lipinski definition) is 2. The van der Waals surface area contributed by atoms with Gasteiger partial charge < -0.3 is 10.6 Å². The van der Waals surface area contributed by atoms with Crippen LogP contribution in [0.3, 0.4) is 0 Å². The van der Waals surface area contributed by atoms with Crippen molar-refractivity contribution < 1.29 is 9.59 Å². The van der Waals surface area contributed by atoms with Crippen LogP contribution in [0.15, 0.2) is 42.7 Å². The molecule has 1 aromatic carbocycles. The molecule has 1 aliphatic carbocycles. The molecule has 7 nitrogen and oxygen atoms in total. The first-order valence-electron chi connectivity index (χ1n) is 9.88. The van der Waals surface area contributed by atoms with E-state index in [1.807, 2.05) is 6.07 Å². The SMILES string of the molecule is O=C(NC1CCN(Cc2ccccc2)CC1)c1nccnc1NC(=O)C1CC1. The maximum absolute atomic E-state index is 12.7. The van der Waals surface area contributed by atoms with E-state index in [0.717, 1.165) is 45.3 Å². The van der Waals surface area contributed by atoms with E-state index in [1.165, 1.54) is 18.0 Å². The van der Waals surface area contributed by atoms with Crippen LogP contribution in [0.25, 0.3) is 0 Å². The van der Waals surface area contributed by atoms with E-state index in [2.05, 4.69) is 49.8 Å². The molecule has 2 aliphatic rings. The van der Waals surface area contributed by atoms with E-state index in [-0.39, 0.29) is 35.3 Å². The van der Waals surface area contributed by atoms with Crippen LogP contribution in [0.5, 0.6) is 0 Å². The summed E-state index contributed by atoms with van der Waals surface area (Å²) in [6, 6.07) is 10.5. The molecular weight excluding hydrogens is 354 g/mol. The van der Waals surface area contributed by atoms with Crippen molar-refractivity contribution >= 4 is 17.6 Å². The van der Waals surface area contributed by atoms with Gasteiger partial charge in [0.25, 0.3) is 5.91 Å². The molecule has 0 spiro atoms. The normalized spacial score (nSPS) is 17.9. The minimum absolute atomic E-state index is 0.0480. The average molecular weight is 379 g/mol. The van der Waals surface area contributed by atoms with Crippen LogP contribution < -0.4 is 10.6 Å². The summed E-state index contributed by atoms with van der Waals surface area (Å²) in [5.74, 6) is -0.0604. The van der Waals surface area contributed by atoms with Gasteiger partial charge in [0.05, 0.1) is 0 Å². The number of amides is 2. The van der Waals surface area contributed by atoms with Gasteiger partial charge in [-0.3, -0.25) is 14.5 Å². The van der Waals surface area contributed by atoms with Crippen LogP contribution in [0.2, 0.25) is 0 Å². The number of carbonyl (C=O) groups excluding carboxylic acids is 2. The van der Waals surface area contributed by atoms with Gasteiger partial charge in [0, 0.05) is 44.0 Å². The van der Waals surface area contributed by atoms with E-state index < -0.39 is 0 Å². The first-order chi connectivity index (χ1) is 13.7. The molecular formula is C21H25N5O2. The van der Waals surface area contributed by atoms with E-state index in [9.17, 15) is 9.59 Å². The zero-order valence-corrected chi connectivity index (χ0v) is 15.8. The zero-order valence-electron chi connectivity index (χ0n) is 15.8. The Morgan fingerprint density at radius 2 is 1.71 bits per heavy atom. The van der Waals surface area contributed by atoms with E-state index in [0.29, 0.717) is 0 Å². The number of piperidine rings is 1. The maximum Gasteiger partial charge on any atom is 0.273 e. The summed E-state index contributed by atoms with van der Waals surface area (Å²) in [5.41, 5.74) is 1.49. The molecule has 2 fully saturated rings. The minimum Gasteiger partial charge on any atom is -0.348 e. The highest BCUT2D eigenvalue weighted by Gasteiger charge is 2.31. The highest BCUT2D eigenvalue weighted by Crippen LogP contribution is 2.30. The Morgan fingerprint density at radius 1 is 1.00 bits per heavy atom. The number of anilines is 1. The highest BCUT2D eigenvalue weighted by molar-refractivity contribution is 6.02. The van der Waals surface area contributed by atoms with Gasteiger partial charge in [-0.2, -0.15) is 0 Å². The van der Waals surface area contributed by atoms with E-state index >= 15 is 0 Å². The highest BCUT2D eigenvalue weighted by atomic mass is 16.2. The summed E-state index contributed by atoms with van der Waals surface area (Å²) in [4.78, 5) is 35.4. The molecule has 2 amide bonds. The number of benzene rings is 1. The second-order valence-electron chi connectivity index (χ2n) is 7.53. The number of nitrogens with zero attached hydrogens (tertiary/aromatic N) is 3. The molecule has 0 radical (unpaired) electrons. The minimum atomic E-state index is -0.277. The van der Waals surface area contributed by atoms with Crippen LogP contribution in [0, 0.1) is 5.92 Å². The molecule has 146 valence electrons. The van der Waals surface area contributed by atoms with Crippen molar-refractivity contribution in [3.63, 3.8) is 0 Å². The van der Waals surface area contributed by atoms with Crippen molar-refractivity contribution in [1.82, 2.24) is 20.2 Å². The van der Waals surface area contributed by atoms with Gasteiger partial charge in [-0.25, -0.2) is 9.97 Å². The number of rotatable bonds is 6. The van der Waals surface area contributed by atoms with Crippen LogP contribution in [-0.4, -0.2) is 45.8 Å². The van der Waals surface area contributed by atoms with Gasteiger partial charge in [0.1, 0.15) is 0 Å². The van der Waals surface area contributed by atoms with Gasteiger partial charge in [0.15, 0.2) is 11.5 Å². The topological polar surface area (TPSA) is 87.2 Å². The van der Waals surface area contributed by atoms with E-state index in [1.54, 1.807) is 0 Å². The molecule has 0 unspecified atom stereocenters. The predicted molar refractivity (Wildman–Crippen MR) is 106 cm³/mol. The van der Waals surface area contributed by atoms with Crippen molar-refractivity contribution in [2.75, 3.05) is 18.4 Å². The third-order valence-corrected chi connectivity index (χ3v) is 5.27. The van der Waals surface area contributed by atoms with Crippen LogP contribution in [0.1, 0.15) is 41.7 Å². The Bertz CT molecular complexity index is 830. The Balaban J connectivity index is 1.30. The Morgan fingerprint density at radius 3 is 2.43 bits per heavy atom. The Kier molecular flexibility index (Phi) is 5.62. The molecule has 28 heavy (non-hydrogen) atoms. The van der Waals surface area contributed by atoms with Gasteiger partial charge in [-0.05, 0) is 31.2 Å². The first kappa shape index (κ1) is 18.6. The molecule has 7 heteroatoms. The third kappa shape index (κ3) is 4.72. The van der Waals surface area contributed by atoms with Crippen molar-refractivity contribution in [3.05, 3.63) is 54.0 Å². The fourth-order valence-corrected chi connectivity index (χ4v) is 3.49. The molecule has 1 aromatic heterocycles. The summed E-state index contributed by atoms with van der Waals surface area (Å²) in [7, 11) is 0. The summed E-state index contributed by atoms with van der Waals surface area (Å²) in [6.45, 7) is 2.81. The van der Waals surface area contributed by atoms with Crippen LogP contribution in [0.4, 0.5) is 5.82 Å². The van der Waals surface area contributed by atoms with Crippen molar-refractivity contribution in [1.29, 1.82) is 0 Å². The molecule has 1 saturated heterocycles. The fourth-order valence-electron chi connectivity index (χ4n) is 3.49. The van der Waals surface area contributed by atoms with Gasteiger partial charge in [-0.1, -0.05) is 30.3 Å². The zero-order chi connectivity index (χ0) is 19.3. The summed E-state index contributed by atoms with van der Waals surface area (Å²) in [5, 5.41) is 5.80. The molecule has 1 saturated carbocycles. The number of aromatic nitrogens is 2. The third-order valence-electron chi connectivity index (χ3n) is 5.27. The average Bonchev–Trinajstić information content (AvgIpc) is 3.56. The monoisotopic (exact) mass is 379 g/mol. The second-order valence-corrected chi connectivity index (χ2v) is 7.53. The van der Waals surface area contributed by atoms with E-state index in [4.69, 9.17) is 0 Å². The number of likely N-dealkylation sites (tertiary alicyclic amines) is 1. The fraction of sp³-hybridized carbons (Fsp3) is 0.429. The summed E-state index contributed by atoms with van der Waals surface area (Å²) in [6.07, 6.45) is 6.54. The molecule has 0 atom stereocenters. The second kappa shape index (κ2) is 8.48. The quantitative estimate of drug-likeness (QED) is 0.804. The molecule has 1 aliphatic heterocycles. The van der Waals surface area contributed by atoms with Gasteiger partial charge in [-0.15, -0.1) is 0 Å². The van der Waals surface area contributed by atoms with Crippen LogP contribution >= 0.6 is 0 Å². The van der Waals surface area contributed by atoms with Gasteiger partial charge >= 0.3 is 0 Å². The lowest BCUT2D eigenvalue weighted by Crippen LogP contribution is -2.44. The molecule has 0 bridgehead atoms. The number of carbonyl (C=O) groups is 2. The Labute approximate surface area is 164 Å². The molecule has 2 N–H and O–H groups in total. The molecule has 2 heterocycles. The predicted octanol–water partition coefficient (Wildman–Crippen LogP) is 2.22. The Hall–Kier alpha value is -2.80. The van der Waals surface area contributed by atoms with Crippen molar-refractivity contribution in [2.24, 2.45) is 5.92 Å². The summed E-state index contributed by atoms with van der Waals surface area (Å²) >= 11 is 0. The van der Waals surface area contributed by atoms with Crippen LogP contribution in [-0.2, 0) is 11.3 Å². The van der Waals surface area contributed by atoms with Crippen molar-refractivity contribution in [2.45, 2.75) is 38.3 Å². The lowest BCUT2D eigenvalue weighted by atomic mass is 10.0. The number of nitrogens with one attached hydrogen (secondary N) is 2. The smallest absolute Gasteiger partial charge is 0.273 e. The summed E-state index contributed by atoms with van der Waals surface area (Å²) < 4.78 is 0. The van der Waals surface area contributed by atoms with Crippen molar-refractivity contribution in [3.8, 4) is 0 Å². The maximum atomic E-state index is 12.7. The lowest BCUT2D eigenvalue weighted by Gasteiger charge is -2.32. The standard InChI is InChI=1S/C21H25N5O2/c27-20(16-6-7-16)25-19-18(22-10-11-23-19)21(28)24-17-8-12-26(13-9-17)14-15-4-2-1-3-5-15/h1-5,10-11,16-17H,6-9,12-14H2,(H,24,28)(H,23,25,27). The molecule has 4 rings (SSSR count). The first-order valence-corrected chi connectivity index (χ1v) is 9.88. The van der Waals surface area contributed by atoms with Gasteiger partial charge in [0.2, 0.25) is 5.91 Å². The largest absolute Gasteiger partial charge is 0.348 e.